The lowest BCUT2D eigenvalue weighted by Crippen LogP contribution is -2.65. The molecule has 2 aromatic heterocycles. The van der Waals surface area contributed by atoms with E-state index in [-0.39, 0.29) is 11.6 Å². The number of aromatic nitrogens is 2. The quantitative estimate of drug-likeness (QED) is 0.629. The van der Waals surface area contributed by atoms with Crippen LogP contribution in [-0.2, 0) is 4.74 Å². The van der Waals surface area contributed by atoms with Crippen molar-refractivity contribution in [3.05, 3.63) is 71.9 Å². The lowest BCUT2D eigenvalue weighted by Gasteiger charge is -2.47. The van der Waals surface area contributed by atoms with Gasteiger partial charge in [-0.15, -0.1) is 0 Å². The zero-order valence-electron chi connectivity index (χ0n) is 20.3. The summed E-state index contributed by atoms with van der Waals surface area (Å²) in [7, 11) is 0. The summed E-state index contributed by atoms with van der Waals surface area (Å²) in [5.74, 6) is 1.52. The number of pyridine rings is 1. The van der Waals surface area contributed by atoms with Crippen molar-refractivity contribution in [3.8, 4) is 6.07 Å². The van der Waals surface area contributed by atoms with E-state index in [2.05, 4.69) is 70.2 Å². The number of nitrogens with zero attached hydrogens (tertiary/aromatic N) is 6. The van der Waals surface area contributed by atoms with E-state index in [0.29, 0.717) is 18.2 Å². The molecule has 0 unspecified atom stereocenters. The number of anilines is 2. The number of likely N-dealkylation sites (tertiary alicyclic amines) is 1. The molecule has 3 fully saturated rings. The Morgan fingerprint density at radius 1 is 1.09 bits per heavy atom. The molecule has 3 aliphatic heterocycles. The van der Waals surface area contributed by atoms with Gasteiger partial charge < -0.3 is 25.2 Å². The van der Waals surface area contributed by atoms with Gasteiger partial charge in [-0.2, -0.15) is 10.4 Å². The summed E-state index contributed by atoms with van der Waals surface area (Å²) >= 11 is 0. The lowest BCUT2D eigenvalue weighted by atomic mass is 9.90. The van der Waals surface area contributed by atoms with Gasteiger partial charge in [-0.25, -0.2) is 4.52 Å². The Morgan fingerprint density at radius 3 is 2.57 bits per heavy atom. The zero-order valence-corrected chi connectivity index (χ0v) is 20.3. The van der Waals surface area contributed by atoms with Gasteiger partial charge in [-0.05, 0) is 49.7 Å². The van der Waals surface area contributed by atoms with E-state index in [1.807, 2.05) is 18.2 Å². The van der Waals surface area contributed by atoms with Crippen molar-refractivity contribution in [3.63, 3.8) is 0 Å². The van der Waals surface area contributed by atoms with Crippen LogP contribution in [0.4, 0.5) is 11.4 Å². The van der Waals surface area contributed by atoms with Crippen LogP contribution in [0.15, 0.2) is 60.6 Å². The first-order chi connectivity index (χ1) is 16.9. The fourth-order valence-electron chi connectivity index (χ4n) is 5.50. The van der Waals surface area contributed by atoms with Crippen molar-refractivity contribution in [2.24, 2.45) is 5.73 Å². The fraction of sp³-hybridized carbons (Fsp3) is 0.407. The molecule has 8 nitrogen and oxygen atoms in total. The second kappa shape index (κ2) is 8.21. The SMILES string of the molecule is C[C@@H]1CN(c2ccc(C#N)n3nccc23)C/C(=C\N2CC(c3ccc(N4CC(C)(N)C4)cc3)C2)O1. The van der Waals surface area contributed by atoms with Crippen LogP contribution in [0.3, 0.4) is 0 Å². The third-order valence-corrected chi connectivity index (χ3v) is 7.23. The first-order valence-electron chi connectivity index (χ1n) is 12.3. The standard InChI is InChI=1S/C27H31N7O/c1-19-12-32(25-8-7-23(11-28)34-26(25)9-10-30-34)16-24(35-19)15-31-13-21(14-31)20-3-5-22(6-4-20)33-17-27(2,29)18-33/h3-10,15,19,21H,12-14,16-18,29H2,1-2H3/b24-15+/t19-/m1/s1. The van der Waals surface area contributed by atoms with Gasteiger partial charge in [0.1, 0.15) is 23.6 Å². The average Bonchev–Trinajstić information content (AvgIpc) is 3.29. The summed E-state index contributed by atoms with van der Waals surface area (Å²) in [6, 6.07) is 17.0. The normalized spacial score (nSPS) is 23.1. The number of morpholine rings is 1. The van der Waals surface area contributed by atoms with Crippen LogP contribution in [0.1, 0.15) is 31.0 Å². The lowest BCUT2D eigenvalue weighted by molar-refractivity contribution is 0.101. The average molecular weight is 470 g/mol. The van der Waals surface area contributed by atoms with Crippen LogP contribution >= 0.6 is 0 Å². The summed E-state index contributed by atoms with van der Waals surface area (Å²) < 4.78 is 7.90. The zero-order chi connectivity index (χ0) is 24.2. The largest absolute Gasteiger partial charge is 0.490 e. The van der Waals surface area contributed by atoms with E-state index >= 15 is 0 Å². The predicted octanol–water partition coefficient (Wildman–Crippen LogP) is 2.91. The molecule has 3 saturated heterocycles. The van der Waals surface area contributed by atoms with Crippen LogP contribution in [-0.4, -0.2) is 65.4 Å². The number of benzene rings is 1. The summed E-state index contributed by atoms with van der Waals surface area (Å²) in [5, 5.41) is 13.7. The fourth-order valence-corrected chi connectivity index (χ4v) is 5.50. The third kappa shape index (κ3) is 4.06. The highest BCUT2D eigenvalue weighted by atomic mass is 16.5. The van der Waals surface area contributed by atoms with E-state index in [1.165, 1.54) is 11.3 Å². The van der Waals surface area contributed by atoms with Crippen LogP contribution in [0.2, 0.25) is 0 Å². The first kappa shape index (κ1) is 21.8. The molecular formula is C27H31N7O. The summed E-state index contributed by atoms with van der Waals surface area (Å²) in [6.45, 7) is 9.52. The molecule has 35 heavy (non-hydrogen) atoms. The van der Waals surface area contributed by atoms with E-state index in [0.717, 1.165) is 49.7 Å². The smallest absolute Gasteiger partial charge is 0.142 e. The number of hydrogen-bond acceptors (Lipinski definition) is 7. The Hall–Kier alpha value is -3.70. The van der Waals surface area contributed by atoms with Crippen molar-refractivity contribution in [1.82, 2.24) is 14.5 Å². The van der Waals surface area contributed by atoms with E-state index < -0.39 is 0 Å². The van der Waals surface area contributed by atoms with Gasteiger partial charge in [0.05, 0.1) is 30.5 Å². The predicted molar refractivity (Wildman–Crippen MR) is 136 cm³/mol. The summed E-state index contributed by atoms with van der Waals surface area (Å²) in [4.78, 5) is 6.99. The van der Waals surface area contributed by atoms with E-state index in [1.54, 1.807) is 10.7 Å². The molecule has 3 aromatic rings. The minimum atomic E-state index is -0.0556. The molecule has 8 heteroatoms. The first-order valence-corrected chi connectivity index (χ1v) is 12.3. The second-order valence-corrected chi connectivity index (χ2v) is 10.5. The van der Waals surface area contributed by atoms with Crippen LogP contribution in [0, 0.1) is 11.3 Å². The molecule has 6 rings (SSSR count). The molecule has 1 aromatic carbocycles. The van der Waals surface area contributed by atoms with Crippen LogP contribution in [0.25, 0.3) is 5.52 Å². The van der Waals surface area contributed by atoms with Gasteiger partial charge in [0, 0.05) is 49.5 Å². The third-order valence-electron chi connectivity index (χ3n) is 7.23. The van der Waals surface area contributed by atoms with Gasteiger partial charge in [0.15, 0.2) is 0 Å². The highest BCUT2D eigenvalue weighted by Crippen LogP contribution is 2.33. The summed E-state index contributed by atoms with van der Waals surface area (Å²) in [6.07, 6.45) is 3.99. The minimum Gasteiger partial charge on any atom is -0.490 e. The number of fused-ring (bicyclic) bond motifs is 1. The molecule has 3 aliphatic rings. The number of rotatable bonds is 4. The maximum absolute atomic E-state index is 9.38. The number of nitrogens with two attached hydrogens (primary N) is 1. The van der Waals surface area contributed by atoms with Gasteiger partial charge in [-0.1, -0.05) is 12.1 Å². The number of nitriles is 1. The molecular weight excluding hydrogens is 438 g/mol. The van der Waals surface area contributed by atoms with Crippen molar-refractivity contribution >= 4 is 16.9 Å². The van der Waals surface area contributed by atoms with Gasteiger partial charge >= 0.3 is 0 Å². The maximum atomic E-state index is 9.38. The molecule has 0 radical (unpaired) electrons. The Labute approximate surface area is 205 Å². The molecule has 0 amide bonds. The minimum absolute atomic E-state index is 0.0556. The Morgan fingerprint density at radius 2 is 1.86 bits per heavy atom. The molecule has 0 aliphatic carbocycles. The highest BCUT2D eigenvalue weighted by molar-refractivity contribution is 5.74. The maximum Gasteiger partial charge on any atom is 0.142 e. The Kier molecular flexibility index (Phi) is 5.11. The van der Waals surface area contributed by atoms with E-state index in [4.69, 9.17) is 10.5 Å². The van der Waals surface area contributed by atoms with Crippen molar-refractivity contribution in [2.45, 2.75) is 31.4 Å². The monoisotopic (exact) mass is 469 g/mol. The van der Waals surface area contributed by atoms with Gasteiger partial charge in [0.2, 0.25) is 0 Å². The molecule has 0 bridgehead atoms. The van der Waals surface area contributed by atoms with Gasteiger partial charge in [0.25, 0.3) is 0 Å². The topological polar surface area (TPSA) is 86.1 Å². The van der Waals surface area contributed by atoms with E-state index in [9.17, 15) is 5.26 Å². The van der Waals surface area contributed by atoms with Gasteiger partial charge in [-0.3, -0.25) is 0 Å². The van der Waals surface area contributed by atoms with Crippen molar-refractivity contribution in [1.29, 1.82) is 5.26 Å². The van der Waals surface area contributed by atoms with Crippen molar-refractivity contribution < 1.29 is 4.74 Å². The molecule has 0 spiro atoms. The summed E-state index contributed by atoms with van der Waals surface area (Å²) in [5.41, 5.74) is 11.3. The molecule has 5 heterocycles. The Balaban J connectivity index is 1.11. The number of hydrogen-bond donors (Lipinski definition) is 1. The molecule has 2 N–H and O–H groups in total. The molecule has 0 saturated carbocycles. The van der Waals surface area contributed by atoms with Crippen molar-refractivity contribution in [2.75, 3.05) is 49.1 Å². The van der Waals surface area contributed by atoms with Crippen LogP contribution < -0.4 is 15.5 Å². The highest BCUT2D eigenvalue weighted by Gasteiger charge is 2.35. The van der Waals surface area contributed by atoms with Crippen LogP contribution in [0.5, 0.6) is 0 Å². The molecule has 180 valence electrons. The second-order valence-electron chi connectivity index (χ2n) is 10.5. The number of ether oxygens (including phenoxy) is 1. The Bertz CT molecular complexity index is 1310. The molecule has 1 atom stereocenters.